The highest BCUT2D eigenvalue weighted by Gasteiger charge is 2.25. The number of benzene rings is 2. The van der Waals surface area contributed by atoms with Crippen LogP contribution in [0, 0.1) is 6.92 Å². The number of halogens is 2. The first-order valence-corrected chi connectivity index (χ1v) is 11.6. The topological polar surface area (TPSA) is 49.3 Å². The number of carbonyl (C=O) groups is 1. The predicted octanol–water partition coefficient (Wildman–Crippen LogP) is 5.87. The van der Waals surface area contributed by atoms with Gasteiger partial charge in [0, 0.05) is 53.5 Å². The number of fused-ring (bicyclic) bond motifs is 1. The van der Waals surface area contributed by atoms with Crippen LogP contribution in [0.4, 0.5) is 5.69 Å². The summed E-state index contributed by atoms with van der Waals surface area (Å²) in [6, 6.07) is 19.1. The zero-order valence-corrected chi connectivity index (χ0v) is 19.6. The number of hydrogen-bond donors (Lipinski definition) is 0. The van der Waals surface area contributed by atoms with Crippen molar-refractivity contribution in [1.29, 1.82) is 0 Å². The fraction of sp³-hybridized carbons (Fsp3) is 0.192. The maximum Gasteiger partial charge on any atom is 0.254 e. The summed E-state index contributed by atoms with van der Waals surface area (Å²) in [6.07, 6.45) is 1.72. The van der Waals surface area contributed by atoms with Gasteiger partial charge in [-0.3, -0.25) is 9.78 Å². The van der Waals surface area contributed by atoms with Crippen molar-refractivity contribution in [2.45, 2.75) is 6.92 Å². The number of hydrogen-bond acceptors (Lipinski definition) is 4. The van der Waals surface area contributed by atoms with E-state index in [9.17, 15) is 4.79 Å². The summed E-state index contributed by atoms with van der Waals surface area (Å²) >= 11 is 12.5. The Bertz CT molecular complexity index is 1340. The molecule has 1 amide bonds. The van der Waals surface area contributed by atoms with E-state index in [-0.39, 0.29) is 5.91 Å². The van der Waals surface area contributed by atoms with Gasteiger partial charge in [0.25, 0.3) is 5.91 Å². The summed E-state index contributed by atoms with van der Waals surface area (Å²) in [4.78, 5) is 27.1. The molecule has 0 radical (unpaired) electrons. The molecule has 1 aliphatic rings. The highest BCUT2D eigenvalue weighted by atomic mass is 35.5. The fourth-order valence-corrected chi connectivity index (χ4v) is 4.57. The highest BCUT2D eigenvalue weighted by molar-refractivity contribution is 6.32. The van der Waals surface area contributed by atoms with Crippen molar-refractivity contribution < 1.29 is 4.79 Å². The molecular weight excluding hydrogens is 455 g/mol. The summed E-state index contributed by atoms with van der Waals surface area (Å²) in [6.45, 7) is 4.67. The van der Waals surface area contributed by atoms with Gasteiger partial charge in [0.15, 0.2) is 0 Å². The van der Waals surface area contributed by atoms with Crippen LogP contribution >= 0.6 is 23.2 Å². The minimum absolute atomic E-state index is 0.00736. The second kappa shape index (κ2) is 9.00. The van der Waals surface area contributed by atoms with E-state index in [1.807, 2.05) is 72.5 Å². The van der Waals surface area contributed by atoms with Gasteiger partial charge in [0.05, 0.1) is 22.5 Å². The predicted molar refractivity (Wildman–Crippen MR) is 134 cm³/mol. The Morgan fingerprint density at radius 2 is 1.73 bits per heavy atom. The summed E-state index contributed by atoms with van der Waals surface area (Å²) < 4.78 is 0. The van der Waals surface area contributed by atoms with Gasteiger partial charge in [-0.2, -0.15) is 0 Å². The van der Waals surface area contributed by atoms with Gasteiger partial charge in [0.2, 0.25) is 0 Å². The number of amides is 1. The lowest BCUT2D eigenvalue weighted by atomic mass is 10.0. The van der Waals surface area contributed by atoms with Crippen molar-refractivity contribution in [3.63, 3.8) is 0 Å². The average molecular weight is 477 g/mol. The largest absolute Gasteiger partial charge is 0.368 e. The summed E-state index contributed by atoms with van der Waals surface area (Å²) in [5.74, 6) is -0.00736. The Balaban J connectivity index is 1.49. The molecule has 2 aromatic heterocycles. The summed E-state index contributed by atoms with van der Waals surface area (Å²) in [5.41, 5.74) is 4.66. The van der Waals surface area contributed by atoms with Crippen LogP contribution in [0.3, 0.4) is 0 Å². The smallest absolute Gasteiger partial charge is 0.254 e. The van der Waals surface area contributed by atoms with Crippen molar-refractivity contribution >= 4 is 45.7 Å². The zero-order chi connectivity index (χ0) is 22.9. The molecule has 0 unspecified atom stereocenters. The van der Waals surface area contributed by atoms with E-state index >= 15 is 0 Å². The zero-order valence-electron chi connectivity index (χ0n) is 18.1. The van der Waals surface area contributed by atoms with E-state index in [1.54, 1.807) is 6.20 Å². The molecule has 0 saturated carbocycles. The molecule has 0 bridgehead atoms. The normalized spacial score (nSPS) is 14.0. The lowest BCUT2D eigenvalue weighted by Crippen LogP contribution is -2.48. The van der Waals surface area contributed by atoms with Crippen molar-refractivity contribution in [2.75, 3.05) is 31.1 Å². The van der Waals surface area contributed by atoms with Crippen molar-refractivity contribution in [2.24, 2.45) is 0 Å². The first kappa shape index (κ1) is 21.7. The van der Waals surface area contributed by atoms with E-state index < -0.39 is 0 Å². The van der Waals surface area contributed by atoms with Gasteiger partial charge >= 0.3 is 0 Å². The Morgan fingerprint density at radius 1 is 0.909 bits per heavy atom. The van der Waals surface area contributed by atoms with Crippen molar-refractivity contribution in [3.05, 3.63) is 88.0 Å². The molecule has 7 heteroatoms. The maximum atomic E-state index is 13.7. The van der Waals surface area contributed by atoms with E-state index in [1.165, 1.54) is 0 Å². The van der Waals surface area contributed by atoms with Crippen LogP contribution < -0.4 is 4.90 Å². The number of carbonyl (C=O) groups excluding carboxylic acids is 1. The minimum atomic E-state index is -0.00736. The summed E-state index contributed by atoms with van der Waals surface area (Å²) in [5, 5.41) is 2.14. The van der Waals surface area contributed by atoms with Gasteiger partial charge in [-0.1, -0.05) is 41.4 Å². The molecule has 3 heterocycles. The average Bonchev–Trinajstić information content (AvgIpc) is 2.86. The van der Waals surface area contributed by atoms with Crippen molar-refractivity contribution in [1.82, 2.24) is 14.9 Å². The van der Waals surface area contributed by atoms with Crippen LogP contribution in [0.2, 0.25) is 10.0 Å². The van der Waals surface area contributed by atoms with Gasteiger partial charge in [-0.25, -0.2) is 4.98 Å². The molecule has 4 aromatic rings. The molecule has 5 rings (SSSR count). The molecule has 166 valence electrons. The fourth-order valence-electron chi connectivity index (χ4n) is 4.24. The molecule has 1 aliphatic heterocycles. The number of piperazine rings is 1. The third kappa shape index (κ3) is 4.26. The second-order valence-electron chi connectivity index (χ2n) is 8.10. The third-order valence-electron chi connectivity index (χ3n) is 6.07. The molecule has 1 saturated heterocycles. The Morgan fingerprint density at radius 3 is 2.45 bits per heavy atom. The molecule has 0 atom stereocenters. The quantitative estimate of drug-likeness (QED) is 0.370. The van der Waals surface area contributed by atoms with Gasteiger partial charge in [0.1, 0.15) is 0 Å². The lowest BCUT2D eigenvalue weighted by Gasteiger charge is -2.36. The molecular formula is C26H22Cl2N4O. The molecule has 0 aliphatic carbocycles. The number of nitrogens with zero attached hydrogens (tertiary/aromatic N) is 4. The van der Waals surface area contributed by atoms with Crippen LogP contribution in [-0.4, -0.2) is 47.0 Å². The monoisotopic (exact) mass is 476 g/mol. The first-order chi connectivity index (χ1) is 16.0. The van der Waals surface area contributed by atoms with E-state index in [4.69, 9.17) is 28.2 Å². The van der Waals surface area contributed by atoms with Gasteiger partial charge in [-0.15, -0.1) is 0 Å². The third-order valence-corrected chi connectivity index (χ3v) is 6.71. The molecule has 33 heavy (non-hydrogen) atoms. The number of pyridine rings is 2. The van der Waals surface area contributed by atoms with E-state index in [0.29, 0.717) is 34.4 Å². The molecule has 0 N–H and O–H groups in total. The molecule has 5 nitrogen and oxygen atoms in total. The number of aryl methyl sites for hydroxylation is 1. The number of rotatable bonds is 3. The SMILES string of the molecule is Cc1c(Cl)ccc2c(C(=O)N3CCN(c4cccc(Cl)c4)CC3)cc(-c3ccccn3)nc12. The van der Waals surface area contributed by atoms with Gasteiger partial charge in [-0.05, 0) is 55.0 Å². The van der Waals surface area contributed by atoms with Crippen LogP contribution in [0.25, 0.3) is 22.3 Å². The molecule has 2 aromatic carbocycles. The number of aromatic nitrogens is 2. The Hall–Kier alpha value is -3.15. The highest BCUT2D eigenvalue weighted by Crippen LogP contribution is 2.31. The minimum Gasteiger partial charge on any atom is -0.368 e. The van der Waals surface area contributed by atoms with E-state index in [2.05, 4.69) is 9.88 Å². The summed E-state index contributed by atoms with van der Waals surface area (Å²) in [7, 11) is 0. The molecule has 0 spiro atoms. The van der Waals surface area contributed by atoms with Crippen LogP contribution in [0.5, 0.6) is 0 Å². The van der Waals surface area contributed by atoms with Crippen LogP contribution in [0.15, 0.2) is 66.9 Å². The van der Waals surface area contributed by atoms with Crippen LogP contribution in [-0.2, 0) is 0 Å². The lowest BCUT2D eigenvalue weighted by molar-refractivity contribution is 0.0748. The van der Waals surface area contributed by atoms with E-state index in [0.717, 1.165) is 40.9 Å². The Labute approximate surface area is 202 Å². The molecule has 1 fully saturated rings. The first-order valence-electron chi connectivity index (χ1n) is 10.8. The van der Waals surface area contributed by atoms with Crippen molar-refractivity contribution in [3.8, 4) is 11.4 Å². The van der Waals surface area contributed by atoms with Gasteiger partial charge < -0.3 is 9.80 Å². The Kier molecular flexibility index (Phi) is 5.92. The number of anilines is 1. The maximum absolute atomic E-state index is 13.7. The standard InChI is InChI=1S/C26H22Cl2N4O/c1-17-22(28)9-8-20-21(16-24(30-25(17)20)23-7-2-3-10-29-23)26(33)32-13-11-31(12-14-32)19-6-4-5-18(27)15-19/h2-10,15-16H,11-14H2,1H3. The van der Waals surface area contributed by atoms with Crippen LogP contribution in [0.1, 0.15) is 15.9 Å². The second-order valence-corrected chi connectivity index (χ2v) is 8.94.